The monoisotopic (exact) mass is 283 g/mol. The maximum atomic E-state index is 13.2. The van der Waals surface area contributed by atoms with Crippen LogP contribution in [-0.2, 0) is 0 Å². The molecule has 1 fully saturated rings. The maximum absolute atomic E-state index is 13.2. The minimum absolute atomic E-state index is 0.100. The van der Waals surface area contributed by atoms with Crippen molar-refractivity contribution in [2.45, 2.75) is 38.5 Å². The largest absolute Gasteiger partial charge is 0.330 e. The first-order chi connectivity index (χ1) is 9.06. The summed E-state index contributed by atoms with van der Waals surface area (Å²) < 4.78 is 13.2. The van der Waals surface area contributed by atoms with Crippen molar-refractivity contribution in [1.29, 1.82) is 0 Å². The molecule has 2 nitrogen and oxygen atoms in total. The topological polar surface area (TPSA) is 43.1 Å². The van der Waals surface area contributed by atoms with Gasteiger partial charge in [0.1, 0.15) is 5.82 Å². The number of carbonyl (C=O) groups is 1. The van der Waals surface area contributed by atoms with Crippen molar-refractivity contribution in [2.75, 3.05) is 6.54 Å². The molecule has 1 aliphatic rings. The van der Waals surface area contributed by atoms with Gasteiger partial charge in [-0.1, -0.05) is 30.9 Å². The maximum Gasteiger partial charge on any atom is 0.165 e. The molecule has 0 radical (unpaired) electrons. The molecule has 0 atom stereocenters. The van der Waals surface area contributed by atoms with Gasteiger partial charge in [0.25, 0.3) is 0 Å². The Morgan fingerprint density at radius 3 is 2.63 bits per heavy atom. The third kappa shape index (κ3) is 3.34. The van der Waals surface area contributed by atoms with E-state index in [1.54, 1.807) is 0 Å². The van der Waals surface area contributed by atoms with Gasteiger partial charge in [-0.15, -0.1) is 0 Å². The molecule has 0 aromatic heterocycles. The minimum atomic E-state index is -0.432. The van der Waals surface area contributed by atoms with Gasteiger partial charge < -0.3 is 5.73 Å². The van der Waals surface area contributed by atoms with E-state index >= 15 is 0 Å². The third-order valence-corrected chi connectivity index (χ3v) is 4.44. The van der Waals surface area contributed by atoms with E-state index in [0.717, 1.165) is 25.7 Å². The summed E-state index contributed by atoms with van der Waals surface area (Å²) in [6.07, 6.45) is 5.75. The van der Waals surface area contributed by atoms with Crippen molar-refractivity contribution in [3.63, 3.8) is 0 Å². The molecule has 2 N–H and O–H groups in total. The van der Waals surface area contributed by atoms with Crippen LogP contribution < -0.4 is 5.73 Å². The normalized spacial score (nSPS) is 18.3. The summed E-state index contributed by atoms with van der Waals surface area (Å²) in [6.45, 7) is 0.506. The van der Waals surface area contributed by atoms with Crippen LogP contribution in [0.1, 0.15) is 48.9 Å². The summed E-state index contributed by atoms with van der Waals surface area (Å²) >= 11 is 5.98. The summed E-state index contributed by atoms with van der Waals surface area (Å²) in [7, 11) is 0. The molecule has 104 valence electrons. The fourth-order valence-electron chi connectivity index (χ4n) is 2.90. The first-order valence-corrected chi connectivity index (χ1v) is 7.12. The average molecular weight is 284 g/mol. The van der Waals surface area contributed by atoms with Gasteiger partial charge in [0.05, 0.1) is 5.02 Å². The highest BCUT2D eigenvalue weighted by Gasteiger charge is 2.33. The lowest BCUT2D eigenvalue weighted by molar-refractivity contribution is 0.0867. The fourth-order valence-corrected chi connectivity index (χ4v) is 3.12. The van der Waals surface area contributed by atoms with Crippen LogP contribution >= 0.6 is 11.6 Å². The van der Waals surface area contributed by atoms with Crippen molar-refractivity contribution in [3.05, 3.63) is 34.6 Å². The molecule has 1 aromatic carbocycles. The van der Waals surface area contributed by atoms with Gasteiger partial charge in [-0.3, -0.25) is 4.79 Å². The fraction of sp³-hybridized carbons (Fsp3) is 0.533. The Morgan fingerprint density at radius 2 is 2.00 bits per heavy atom. The number of benzene rings is 1. The highest BCUT2D eigenvalue weighted by molar-refractivity contribution is 6.33. The number of hydrogen-bond acceptors (Lipinski definition) is 2. The van der Waals surface area contributed by atoms with Crippen LogP contribution in [-0.4, -0.2) is 12.3 Å². The van der Waals surface area contributed by atoms with Crippen LogP contribution in [0.4, 0.5) is 4.39 Å². The standard InChI is InChI=1S/C15H19ClFNO/c16-13-5-4-11(17)8-12(13)14(19)9-15(10-18)6-2-1-3-7-15/h4-5,8H,1-3,6-7,9-10,18H2. The van der Waals surface area contributed by atoms with Crippen LogP contribution in [0.5, 0.6) is 0 Å². The van der Waals surface area contributed by atoms with E-state index in [-0.39, 0.29) is 16.8 Å². The van der Waals surface area contributed by atoms with Crippen LogP contribution in [0.15, 0.2) is 18.2 Å². The summed E-state index contributed by atoms with van der Waals surface area (Å²) in [5.41, 5.74) is 6.03. The average Bonchev–Trinajstić information content (AvgIpc) is 2.42. The van der Waals surface area contributed by atoms with Crippen molar-refractivity contribution in [2.24, 2.45) is 11.1 Å². The van der Waals surface area contributed by atoms with Gasteiger partial charge in [-0.2, -0.15) is 0 Å². The van der Waals surface area contributed by atoms with E-state index in [4.69, 9.17) is 17.3 Å². The molecule has 0 unspecified atom stereocenters. The summed E-state index contributed by atoms with van der Waals surface area (Å²) in [6, 6.07) is 3.91. The smallest absolute Gasteiger partial charge is 0.165 e. The number of Topliss-reactive ketones (excluding diaryl/α,β-unsaturated/α-hetero) is 1. The van der Waals surface area contributed by atoms with Crippen molar-refractivity contribution >= 4 is 17.4 Å². The lowest BCUT2D eigenvalue weighted by atomic mass is 9.70. The van der Waals surface area contributed by atoms with E-state index in [2.05, 4.69) is 0 Å². The number of halogens is 2. The van der Waals surface area contributed by atoms with E-state index in [1.807, 2.05) is 0 Å². The molecule has 0 saturated heterocycles. The Bertz CT molecular complexity index is 469. The predicted molar refractivity (Wildman–Crippen MR) is 74.9 cm³/mol. The predicted octanol–water partition coefficient (Wildman–Crippen LogP) is 3.96. The van der Waals surface area contributed by atoms with Crippen LogP contribution in [0.3, 0.4) is 0 Å². The lowest BCUT2D eigenvalue weighted by Gasteiger charge is -2.35. The third-order valence-electron chi connectivity index (χ3n) is 4.11. The molecule has 1 aromatic rings. The summed E-state index contributed by atoms with van der Waals surface area (Å²) in [5.74, 6) is -0.532. The van der Waals surface area contributed by atoms with E-state index in [1.165, 1.54) is 24.6 Å². The van der Waals surface area contributed by atoms with Crippen LogP contribution in [0, 0.1) is 11.2 Å². The summed E-state index contributed by atoms with van der Waals surface area (Å²) in [4.78, 5) is 12.3. The number of hydrogen-bond donors (Lipinski definition) is 1. The van der Waals surface area contributed by atoms with Gasteiger partial charge in [0, 0.05) is 12.0 Å². The molecular weight excluding hydrogens is 265 g/mol. The second kappa shape index (κ2) is 6.02. The quantitative estimate of drug-likeness (QED) is 0.850. The number of ketones is 1. The first kappa shape index (κ1) is 14.5. The van der Waals surface area contributed by atoms with E-state index in [9.17, 15) is 9.18 Å². The molecule has 1 saturated carbocycles. The van der Waals surface area contributed by atoms with Gasteiger partial charge >= 0.3 is 0 Å². The molecule has 2 rings (SSSR count). The lowest BCUT2D eigenvalue weighted by Crippen LogP contribution is -2.35. The zero-order chi connectivity index (χ0) is 13.9. The molecule has 19 heavy (non-hydrogen) atoms. The zero-order valence-corrected chi connectivity index (χ0v) is 11.7. The molecule has 0 bridgehead atoms. The Hall–Kier alpha value is -0.930. The van der Waals surface area contributed by atoms with E-state index < -0.39 is 5.82 Å². The second-order valence-corrected chi connectivity index (χ2v) is 5.90. The zero-order valence-electron chi connectivity index (χ0n) is 10.9. The Labute approximate surface area is 118 Å². The molecule has 4 heteroatoms. The van der Waals surface area contributed by atoms with Crippen LogP contribution in [0.2, 0.25) is 5.02 Å². The van der Waals surface area contributed by atoms with Crippen molar-refractivity contribution < 1.29 is 9.18 Å². The number of carbonyl (C=O) groups excluding carboxylic acids is 1. The first-order valence-electron chi connectivity index (χ1n) is 6.75. The Morgan fingerprint density at radius 1 is 1.32 bits per heavy atom. The highest BCUT2D eigenvalue weighted by atomic mass is 35.5. The van der Waals surface area contributed by atoms with Gasteiger partial charge in [0.2, 0.25) is 0 Å². The van der Waals surface area contributed by atoms with E-state index in [0.29, 0.717) is 18.0 Å². The number of nitrogens with two attached hydrogens (primary N) is 1. The molecule has 1 aliphatic carbocycles. The highest BCUT2D eigenvalue weighted by Crippen LogP contribution is 2.39. The number of rotatable bonds is 4. The minimum Gasteiger partial charge on any atom is -0.330 e. The van der Waals surface area contributed by atoms with Gasteiger partial charge in [-0.05, 0) is 43.0 Å². The molecule has 0 amide bonds. The van der Waals surface area contributed by atoms with Crippen molar-refractivity contribution in [3.8, 4) is 0 Å². The Balaban J connectivity index is 2.17. The molecule has 0 spiro atoms. The Kier molecular flexibility index (Phi) is 4.58. The summed E-state index contributed by atoms with van der Waals surface area (Å²) in [5, 5.41) is 0.314. The SMILES string of the molecule is NCC1(CC(=O)c2cc(F)ccc2Cl)CCCCC1. The molecule has 0 heterocycles. The van der Waals surface area contributed by atoms with Gasteiger partial charge in [0.15, 0.2) is 5.78 Å². The van der Waals surface area contributed by atoms with Crippen LogP contribution in [0.25, 0.3) is 0 Å². The molecule has 0 aliphatic heterocycles. The van der Waals surface area contributed by atoms with Gasteiger partial charge in [-0.25, -0.2) is 4.39 Å². The van der Waals surface area contributed by atoms with Crippen molar-refractivity contribution in [1.82, 2.24) is 0 Å². The second-order valence-electron chi connectivity index (χ2n) is 5.49. The molecular formula is C15H19ClFNO.